The maximum Gasteiger partial charge on any atom is 0.422 e. The van der Waals surface area contributed by atoms with Gasteiger partial charge in [-0.15, -0.1) is 0 Å². The van der Waals surface area contributed by atoms with Crippen molar-refractivity contribution < 1.29 is 28.5 Å². The molecular formula is C17H19ClF3N5O3. The SMILES string of the molecule is O.O=C1C[C@](O)(C(F)(F)F)c2c(n[nH]c2C2CCN(c3ccc(Cl)cn3)CC2)N1. The van der Waals surface area contributed by atoms with Crippen molar-refractivity contribution in [1.29, 1.82) is 0 Å². The molecule has 0 unspecified atom stereocenters. The highest BCUT2D eigenvalue weighted by Crippen LogP contribution is 2.49. The molecule has 0 radical (unpaired) electrons. The molecule has 8 nitrogen and oxygen atoms in total. The third-order valence-electron chi connectivity index (χ3n) is 5.29. The summed E-state index contributed by atoms with van der Waals surface area (Å²) in [5.74, 6) is -0.695. The minimum Gasteiger partial charge on any atom is -0.412 e. The van der Waals surface area contributed by atoms with Crippen molar-refractivity contribution in [3.05, 3.63) is 34.6 Å². The fourth-order valence-corrected chi connectivity index (χ4v) is 3.96. The van der Waals surface area contributed by atoms with Crippen LogP contribution in [0.5, 0.6) is 0 Å². The molecule has 1 atom stereocenters. The van der Waals surface area contributed by atoms with Crippen LogP contribution in [0.2, 0.25) is 5.02 Å². The summed E-state index contributed by atoms with van der Waals surface area (Å²) in [6, 6.07) is 3.52. The Hall–Kier alpha value is -2.37. The van der Waals surface area contributed by atoms with Crippen molar-refractivity contribution in [2.24, 2.45) is 0 Å². The fourth-order valence-electron chi connectivity index (χ4n) is 3.85. The molecule has 0 aromatic carbocycles. The molecule has 29 heavy (non-hydrogen) atoms. The summed E-state index contributed by atoms with van der Waals surface area (Å²) in [5, 5.41) is 19.7. The zero-order valence-corrected chi connectivity index (χ0v) is 15.8. The van der Waals surface area contributed by atoms with E-state index in [9.17, 15) is 23.1 Å². The smallest absolute Gasteiger partial charge is 0.412 e. The van der Waals surface area contributed by atoms with E-state index in [-0.39, 0.29) is 28.5 Å². The number of aromatic nitrogens is 3. The maximum absolute atomic E-state index is 13.6. The molecular weight excluding hydrogens is 415 g/mol. The van der Waals surface area contributed by atoms with Gasteiger partial charge in [-0.05, 0) is 25.0 Å². The molecule has 1 amide bonds. The lowest BCUT2D eigenvalue weighted by Gasteiger charge is -2.37. The quantitative estimate of drug-likeness (QED) is 0.668. The number of carbonyl (C=O) groups excluding carboxylic acids is 1. The van der Waals surface area contributed by atoms with Crippen LogP contribution in [0.4, 0.5) is 24.8 Å². The Bertz CT molecular complexity index is 897. The van der Waals surface area contributed by atoms with Gasteiger partial charge in [0, 0.05) is 30.9 Å². The highest BCUT2D eigenvalue weighted by Gasteiger charge is 2.61. The number of anilines is 2. The van der Waals surface area contributed by atoms with Gasteiger partial charge >= 0.3 is 6.18 Å². The summed E-state index contributed by atoms with van der Waals surface area (Å²) >= 11 is 5.84. The summed E-state index contributed by atoms with van der Waals surface area (Å²) in [6.07, 6.45) is -3.45. The largest absolute Gasteiger partial charge is 0.422 e. The minimum atomic E-state index is -4.99. The molecule has 1 saturated heterocycles. The highest BCUT2D eigenvalue weighted by atomic mass is 35.5. The zero-order valence-electron chi connectivity index (χ0n) is 15.1. The van der Waals surface area contributed by atoms with Crippen molar-refractivity contribution in [3.63, 3.8) is 0 Å². The van der Waals surface area contributed by atoms with Gasteiger partial charge < -0.3 is 20.8 Å². The number of rotatable bonds is 2. The molecule has 12 heteroatoms. The number of pyridine rings is 1. The lowest BCUT2D eigenvalue weighted by atomic mass is 9.81. The Labute approximate surface area is 168 Å². The van der Waals surface area contributed by atoms with Gasteiger partial charge in [0.2, 0.25) is 5.91 Å². The van der Waals surface area contributed by atoms with E-state index in [0.29, 0.717) is 31.0 Å². The van der Waals surface area contributed by atoms with E-state index in [1.165, 1.54) is 0 Å². The second kappa shape index (κ2) is 7.47. The predicted octanol–water partition coefficient (Wildman–Crippen LogP) is 2.11. The zero-order chi connectivity index (χ0) is 20.1. The van der Waals surface area contributed by atoms with Crippen LogP contribution in [0.1, 0.15) is 36.4 Å². The first kappa shape index (κ1) is 21.3. The number of aromatic amines is 1. The van der Waals surface area contributed by atoms with Gasteiger partial charge in [-0.3, -0.25) is 9.89 Å². The number of fused-ring (bicyclic) bond motifs is 1. The number of nitrogens with one attached hydrogen (secondary N) is 2. The van der Waals surface area contributed by atoms with Crippen LogP contribution in [0.25, 0.3) is 0 Å². The van der Waals surface area contributed by atoms with Gasteiger partial charge in [0.1, 0.15) is 5.82 Å². The van der Waals surface area contributed by atoms with Crippen LogP contribution in [-0.2, 0) is 10.4 Å². The van der Waals surface area contributed by atoms with Crippen molar-refractivity contribution in [2.45, 2.75) is 37.0 Å². The molecule has 4 rings (SSSR count). The predicted molar refractivity (Wildman–Crippen MR) is 98.8 cm³/mol. The molecule has 1 fully saturated rings. The van der Waals surface area contributed by atoms with Gasteiger partial charge in [-0.2, -0.15) is 18.3 Å². The Kier molecular flexibility index (Phi) is 5.50. The molecule has 158 valence electrons. The number of hydrogen-bond donors (Lipinski definition) is 3. The molecule has 5 N–H and O–H groups in total. The number of alkyl halides is 3. The number of hydrogen-bond acceptors (Lipinski definition) is 5. The molecule has 0 saturated carbocycles. The van der Waals surface area contributed by atoms with Gasteiger partial charge in [0.25, 0.3) is 0 Å². The summed E-state index contributed by atoms with van der Waals surface area (Å²) in [6.45, 7) is 1.15. The molecule has 2 aromatic rings. The lowest BCUT2D eigenvalue weighted by molar-refractivity contribution is -0.267. The molecule has 0 bridgehead atoms. The fraction of sp³-hybridized carbons (Fsp3) is 0.471. The normalized spacial score (nSPS) is 22.7. The summed E-state index contributed by atoms with van der Waals surface area (Å²) in [4.78, 5) is 17.9. The first-order chi connectivity index (χ1) is 13.2. The molecule has 2 aliphatic rings. The molecule has 0 aliphatic carbocycles. The van der Waals surface area contributed by atoms with Gasteiger partial charge in [-0.25, -0.2) is 4.98 Å². The van der Waals surface area contributed by atoms with E-state index in [2.05, 4.69) is 20.5 Å². The van der Waals surface area contributed by atoms with Gasteiger partial charge in [0.05, 0.1) is 17.0 Å². The topological polar surface area (TPSA) is 126 Å². The van der Waals surface area contributed by atoms with Gasteiger partial charge in [-0.1, -0.05) is 11.6 Å². The molecule has 2 aromatic heterocycles. The van der Waals surface area contributed by atoms with E-state index in [1.807, 2.05) is 4.90 Å². The first-order valence-electron chi connectivity index (χ1n) is 8.73. The van der Waals surface area contributed by atoms with Crippen molar-refractivity contribution in [2.75, 3.05) is 23.3 Å². The Morgan fingerprint density at radius 2 is 1.97 bits per heavy atom. The third kappa shape index (κ3) is 3.65. The van der Waals surface area contributed by atoms with Crippen molar-refractivity contribution in [1.82, 2.24) is 15.2 Å². The van der Waals surface area contributed by atoms with E-state index >= 15 is 0 Å². The average Bonchev–Trinajstić information content (AvgIpc) is 3.06. The Balaban J connectivity index is 0.00000240. The Morgan fingerprint density at radius 3 is 2.55 bits per heavy atom. The van der Waals surface area contributed by atoms with Crippen LogP contribution in [0, 0.1) is 0 Å². The number of carbonyl (C=O) groups is 1. The number of amides is 1. The van der Waals surface area contributed by atoms with E-state index in [1.54, 1.807) is 18.3 Å². The summed E-state index contributed by atoms with van der Waals surface area (Å²) < 4.78 is 40.9. The molecule has 4 heterocycles. The van der Waals surface area contributed by atoms with E-state index in [4.69, 9.17) is 11.6 Å². The molecule has 0 spiro atoms. The number of halogens is 4. The Morgan fingerprint density at radius 1 is 1.28 bits per heavy atom. The highest BCUT2D eigenvalue weighted by molar-refractivity contribution is 6.30. The van der Waals surface area contributed by atoms with E-state index in [0.717, 1.165) is 5.82 Å². The summed E-state index contributed by atoms with van der Waals surface area (Å²) in [7, 11) is 0. The monoisotopic (exact) mass is 433 g/mol. The van der Waals surface area contributed by atoms with Crippen LogP contribution >= 0.6 is 11.6 Å². The number of aliphatic hydroxyl groups is 1. The summed E-state index contributed by atoms with van der Waals surface area (Å²) in [5.41, 5.74) is -3.40. The first-order valence-corrected chi connectivity index (χ1v) is 9.11. The van der Waals surface area contributed by atoms with Crippen molar-refractivity contribution in [3.8, 4) is 0 Å². The average molecular weight is 434 g/mol. The van der Waals surface area contributed by atoms with Crippen LogP contribution in [0.3, 0.4) is 0 Å². The van der Waals surface area contributed by atoms with Crippen LogP contribution in [0.15, 0.2) is 18.3 Å². The van der Waals surface area contributed by atoms with Gasteiger partial charge in [0.15, 0.2) is 11.4 Å². The van der Waals surface area contributed by atoms with Crippen LogP contribution < -0.4 is 10.2 Å². The standard InChI is InChI=1S/C17H17ClF3N5O2.H2O/c18-10-1-2-11(22-8-10)26-5-3-9(4-6-26)14-13-15(25-24-14)23-12(27)7-16(13,28)17(19,20)21;/h1-2,8-9,28H,3-7H2,(H2,23,24,25,27);1H2/t16-;/m1./s1. The number of nitrogens with zero attached hydrogens (tertiary/aromatic N) is 3. The third-order valence-corrected chi connectivity index (χ3v) is 5.51. The minimum absolute atomic E-state index is 0. The van der Waals surface area contributed by atoms with Crippen molar-refractivity contribution >= 4 is 29.1 Å². The lowest BCUT2D eigenvalue weighted by Crippen LogP contribution is -2.48. The maximum atomic E-state index is 13.6. The second-order valence-corrected chi connectivity index (χ2v) is 7.48. The molecule has 2 aliphatic heterocycles. The van der Waals surface area contributed by atoms with Crippen LogP contribution in [-0.4, -0.2) is 50.9 Å². The number of piperidine rings is 1. The van der Waals surface area contributed by atoms with E-state index < -0.39 is 24.1 Å². The number of H-pyrrole nitrogens is 1. The second-order valence-electron chi connectivity index (χ2n) is 7.04.